The average Bonchev–Trinajstić information content (AvgIpc) is 2.64. The van der Waals surface area contributed by atoms with Crippen LogP contribution in [0.2, 0.25) is 0 Å². The number of carboxylic acid groups (broad SMARTS) is 1. The number of nitrogens with zero attached hydrogens (tertiary/aromatic N) is 2. The van der Waals surface area contributed by atoms with E-state index in [1.165, 1.54) is 19.3 Å². The molecule has 1 amide bonds. The molecule has 0 bridgehead atoms. The van der Waals surface area contributed by atoms with Gasteiger partial charge in [-0.3, -0.25) is 4.90 Å². The van der Waals surface area contributed by atoms with Crippen LogP contribution in [0, 0.1) is 11.7 Å². The van der Waals surface area contributed by atoms with Gasteiger partial charge in [-0.15, -0.1) is 0 Å². The summed E-state index contributed by atoms with van der Waals surface area (Å²) in [6, 6.07) is 4.56. The van der Waals surface area contributed by atoms with Gasteiger partial charge >= 0.3 is 6.09 Å². The number of halogens is 1. The third kappa shape index (κ3) is 4.59. The van der Waals surface area contributed by atoms with E-state index in [1.54, 1.807) is 12.1 Å². The Bertz CT molecular complexity index is 930. The van der Waals surface area contributed by atoms with Gasteiger partial charge in [0, 0.05) is 23.7 Å². The second-order valence-electron chi connectivity index (χ2n) is 8.15. The van der Waals surface area contributed by atoms with Crippen LogP contribution in [0.25, 0.3) is 11.1 Å². The third-order valence-electron chi connectivity index (χ3n) is 4.75. The first-order valence-corrected chi connectivity index (χ1v) is 9.41. The molecule has 0 fully saturated rings. The number of amides is 1. The number of hydrogen-bond acceptors (Lipinski definition) is 5. The number of ether oxygens (including phenoxy) is 2. The summed E-state index contributed by atoms with van der Waals surface area (Å²) in [5.74, 6) is 0.703. The number of aromatic nitrogens is 1. The minimum Gasteiger partial charge on any atom is -0.489 e. The van der Waals surface area contributed by atoms with Crippen LogP contribution in [0.3, 0.4) is 0 Å². The molecule has 1 aliphatic heterocycles. The lowest BCUT2D eigenvalue weighted by Crippen LogP contribution is -2.43. The van der Waals surface area contributed by atoms with Crippen LogP contribution in [0.1, 0.15) is 32.8 Å². The Kier molecular flexibility index (Phi) is 5.66. The molecule has 1 atom stereocenters. The summed E-state index contributed by atoms with van der Waals surface area (Å²) in [6.45, 7) is 6.46. The van der Waals surface area contributed by atoms with Crippen LogP contribution < -0.4 is 20.1 Å². The van der Waals surface area contributed by atoms with Crippen LogP contribution in [0.5, 0.6) is 11.5 Å². The topological polar surface area (TPSA) is 97.9 Å². The molecule has 0 saturated heterocycles. The maximum absolute atomic E-state index is 14.8. The Morgan fingerprint density at radius 3 is 2.79 bits per heavy atom. The van der Waals surface area contributed by atoms with Crippen LogP contribution in [0.15, 0.2) is 24.4 Å². The van der Waals surface area contributed by atoms with Gasteiger partial charge in [0.15, 0.2) is 11.6 Å². The summed E-state index contributed by atoms with van der Waals surface area (Å²) in [5.41, 5.74) is 7.63. The van der Waals surface area contributed by atoms with Crippen LogP contribution in [-0.4, -0.2) is 35.4 Å². The van der Waals surface area contributed by atoms with Crippen LogP contribution in [0.4, 0.5) is 15.0 Å². The average molecular weight is 403 g/mol. The Labute approximate surface area is 169 Å². The molecule has 1 aromatic heterocycles. The van der Waals surface area contributed by atoms with Crippen LogP contribution in [-0.2, 0) is 6.61 Å². The predicted molar refractivity (Wildman–Crippen MR) is 108 cm³/mol. The van der Waals surface area contributed by atoms with Crippen molar-refractivity contribution in [2.45, 2.75) is 39.3 Å². The maximum Gasteiger partial charge on any atom is 0.412 e. The van der Waals surface area contributed by atoms with E-state index in [0.29, 0.717) is 22.8 Å². The van der Waals surface area contributed by atoms with Gasteiger partial charge in [0.2, 0.25) is 0 Å². The molecule has 3 N–H and O–H groups in total. The first-order chi connectivity index (χ1) is 13.6. The quantitative estimate of drug-likeness (QED) is 0.756. The molecule has 1 aliphatic rings. The number of hydrogen-bond donors (Lipinski definition) is 2. The predicted octanol–water partition coefficient (Wildman–Crippen LogP) is 4.04. The summed E-state index contributed by atoms with van der Waals surface area (Å²) >= 11 is 0. The molecule has 0 spiro atoms. The molecule has 0 aliphatic carbocycles. The zero-order valence-corrected chi connectivity index (χ0v) is 17.0. The van der Waals surface area contributed by atoms with Gasteiger partial charge < -0.3 is 20.3 Å². The molecule has 29 heavy (non-hydrogen) atoms. The van der Waals surface area contributed by atoms with Crippen molar-refractivity contribution in [3.63, 3.8) is 0 Å². The highest BCUT2D eigenvalue weighted by atomic mass is 19.1. The largest absolute Gasteiger partial charge is 0.489 e. The first kappa shape index (κ1) is 20.9. The summed E-state index contributed by atoms with van der Waals surface area (Å²) in [6.07, 6.45) is 1.06. The molecule has 156 valence electrons. The summed E-state index contributed by atoms with van der Waals surface area (Å²) in [7, 11) is 1.39. The minimum atomic E-state index is -1.14. The lowest BCUT2D eigenvalue weighted by Gasteiger charge is -2.27. The van der Waals surface area contributed by atoms with E-state index in [0.717, 1.165) is 16.9 Å². The number of fused-ring (bicyclic) bond motifs is 3. The molecular formula is C21H26FN3O4. The van der Waals surface area contributed by atoms with Crippen molar-refractivity contribution in [3.8, 4) is 22.6 Å². The summed E-state index contributed by atoms with van der Waals surface area (Å²) in [4.78, 5) is 16.3. The van der Waals surface area contributed by atoms with E-state index in [9.17, 15) is 9.18 Å². The monoisotopic (exact) mass is 403 g/mol. The normalized spacial score (nSPS) is 14.4. The second kappa shape index (κ2) is 7.87. The van der Waals surface area contributed by atoms with Crippen molar-refractivity contribution in [1.29, 1.82) is 0 Å². The van der Waals surface area contributed by atoms with Crippen molar-refractivity contribution in [2.24, 2.45) is 11.7 Å². The Morgan fingerprint density at radius 1 is 1.41 bits per heavy atom. The highest BCUT2D eigenvalue weighted by molar-refractivity contribution is 5.86. The molecule has 3 rings (SSSR count). The highest BCUT2D eigenvalue weighted by Crippen LogP contribution is 2.41. The lowest BCUT2D eigenvalue weighted by atomic mass is 9.93. The fourth-order valence-electron chi connectivity index (χ4n) is 3.50. The molecular weight excluding hydrogens is 377 g/mol. The Balaban J connectivity index is 1.90. The molecule has 2 heterocycles. The molecule has 0 unspecified atom stereocenters. The lowest BCUT2D eigenvalue weighted by molar-refractivity contribution is 0.199. The number of carbonyl (C=O) groups is 1. The van der Waals surface area contributed by atoms with E-state index >= 15 is 0 Å². The van der Waals surface area contributed by atoms with Gasteiger partial charge in [-0.25, -0.2) is 14.2 Å². The second-order valence-corrected chi connectivity index (χ2v) is 8.15. The van der Waals surface area contributed by atoms with E-state index < -0.39 is 17.4 Å². The SMILES string of the molecule is CC(C)C[C@](C)(N)COc1cc2c(cc1F)-c1cc(N(C)C(=O)O)ncc1OC2. The van der Waals surface area contributed by atoms with Gasteiger partial charge in [-0.1, -0.05) is 13.8 Å². The molecule has 1 aromatic carbocycles. The molecule has 7 nitrogen and oxygen atoms in total. The van der Waals surface area contributed by atoms with Gasteiger partial charge in [-0.2, -0.15) is 0 Å². The van der Waals surface area contributed by atoms with E-state index in [2.05, 4.69) is 18.8 Å². The molecule has 8 heteroatoms. The third-order valence-corrected chi connectivity index (χ3v) is 4.75. The number of benzene rings is 1. The summed E-state index contributed by atoms with van der Waals surface area (Å²) < 4.78 is 26.2. The van der Waals surface area contributed by atoms with Crippen molar-refractivity contribution < 1.29 is 23.8 Å². The highest BCUT2D eigenvalue weighted by Gasteiger charge is 2.25. The standard InChI is InChI=1S/C21H26FN3O4/c1-12(2)8-21(3,23)11-29-17-5-13-10-28-18-9-24-19(25(4)20(26)27)7-15(18)14(13)6-16(17)22/h5-7,9,12H,8,10-11,23H2,1-4H3,(H,26,27)/t21-/m0/s1. The van der Waals surface area contributed by atoms with Gasteiger partial charge in [0.25, 0.3) is 0 Å². The smallest absolute Gasteiger partial charge is 0.412 e. The van der Waals surface area contributed by atoms with E-state index in [4.69, 9.17) is 20.3 Å². The van der Waals surface area contributed by atoms with Gasteiger partial charge in [-0.05, 0) is 43.0 Å². The first-order valence-electron chi connectivity index (χ1n) is 9.41. The summed E-state index contributed by atoms with van der Waals surface area (Å²) in [5, 5.41) is 9.16. The van der Waals surface area contributed by atoms with E-state index in [-0.39, 0.29) is 24.8 Å². The maximum atomic E-state index is 14.8. The van der Waals surface area contributed by atoms with Crippen molar-refractivity contribution >= 4 is 11.9 Å². The molecule has 0 saturated carbocycles. The fourth-order valence-corrected chi connectivity index (χ4v) is 3.50. The van der Waals surface area contributed by atoms with E-state index in [1.807, 2.05) is 6.92 Å². The Morgan fingerprint density at radius 2 is 2.14 bits per heavy atom. The minimum absolute atomic E-state index is 0.119. The van der Waals surface area contributed by atoms with Crippen molar-refractivity contribution in [1.82, 2.24) is 4.98 Å². The van der Waals surface area contributed by atoms with Gasteiger partial charge in [0.05, 0.1) is 6.20 Å². The zero-order valence-electron chi connectivity index (χ0n) is 17.0. The number of nitrogens with two attached hydrogens (primary N) is 1. The Hall–Kier alpha value is -2.87. The number of rotatable bonds is 6. The van der Waals surface area contributed by atoms with Crippen molar-refractivity contribution in [3.05, 3.63) is 35.8 Å². The molecule has 2 aromatic rings. The van der Waals surface area contributed by atoms with Crippen molar-refractivity contribution in [2.75, 3.05) is 18.6 Å². The zero-order chi connectivity index (χ0) is 21.3. The molecule has 0 radical (unpaired) electrons. The fraction of sp³-hybridized carbons (Fsp3) is 0.429. The van der Waals surface area contributed by atoms with Gasteiger partial charge in [0.1, 0.15) is 24.8 Å². The van der Waals surface area contributed by atoms with Crippen LogP contribution >= 0.6 is 0 Å². The number of pyridine rings is 1. The number of anilines is 1.